The van der Waals surface area contributed by atoms with Crippen molar-refractivity contribution in [2.75, 3.05) is 6.61 Å². The highest BCUT2D eigenvalue weighted by Crippen LogP contribution is 2.20. The topological polar surface area (TPSA) is 67.9 Å². The lowest BCUT2D eigenvalue weighted by atomic mass is 10.2. The second kappa shape index (κ2) is 4.00. The molecular weight excluding hydrogens is 230 g/mol. The largest absolute Gasteiger partial charge is 0.461 e. The van der Waals surface area contributed by atoms with Gasteiger partial charge in [-0.05, 0) is 24.3 Å². The Labute approximate surface area is 103 Å². The zero-order valence-corrected chi connectivity index (χ0v) is 9.46. The van der Waals surface area contributed by atoms with Crippen molar-refractivity contribution in [3.63, 3.8) is 0 Å². The minimum Gasteiger partial charge on any atom is -0.461 e. The summed E-state index contributed by atoms with van der Waals surface area (Å²) < 4.78 is 6.71. The first-order valence-electron chi connectivity index (χ1n) is 5.53. The zero-order valence-electron chi connectivity index (χ0n) is 9.46. The maximum Gasteiger partial charge on any atom is 0.357 e. The first-order valence-corrected chi connectivity index (χ1v) is 5.53. The van der Waals surface area contributed by atoms with E-state index in [9.17, 15) is 4.79 Å². The van der Waals surface area contributed by atoms with Gasteiger partial charge in [0.05, 0.1) is 23.9 Å². The Bertz CT molecular complexity index is 650. The third kappa shape index (κ3) is 1.55. The molecule has 0 N–H and O–H groups in total. The number of esters is 1. The lowest BCUT2D eigenvalue weighted by Crippen LogP contribution is -2.20. The summed E-state index contributed by atoms with van der Waals surface area (Å²) in [6.45, 7) is 0.385. The van der Waals surface area contributed by atoms with Crippen LogP contribution in [-0.4, -0.2) is 22.1 Å². The first kappa shape index (κ1) is 10.5. The number of ether oxygens (including phenoxy) is 1. The van der Waals surface area contributed by atoms with E-state index in [1.807, 2.05) is 0 Å². The van der Waals surface area contributed by atoms with E-state index in [2.05, 4.69) is 11.1 Å². The molecule has 1 aliphatic heterocycles. The van der Waals surface area contributed by atoms with E-state index in [0.29, 0.717) is 24.3 Å². The minimum atomic E-state index is -0.349. The zero-order chi connectivity index (χ0) is 12.5. The van der Waals surface area contributed by atoms with Crippen LogP contribution < -0.4 is 0 Å². The lowest BCUT2D eigenvalue weighted by Gasteiger charge is -2.13. The number of aromatic nitrogens is 2. The molecule has 2 heterocycles. The number of imidazole rings is 1. The summed E-state index contributed by atoms with van der Waals surface area (Å²) in [5.41, 5.74) is 2.61. The molecule has 1 aliphatic rings. The Kier molecular flexibility index (Phi) is 2.34. The number of carbonyl (C=O) groups is 1. The second-order valence-electron chi connectivity index (χ2n) is 3.95. The number of rotatable bonds is 1. The Morgan fingerprint density at radius 3 is 2.83 bits per heavy atom. The smallest absolute Gasteiger partial charge is 0.357 e. The maximum atomic E-state index is 11.7. The molecule has 1 aromatic heterocycles. The molecule has 0 bridgehead atoms. The molecule has 3 rings (SSSR count). The molecule has 1 aromatic carbocycles. The number of hydrogen-bond acceptors (Lipinski definition) is 4. The molecule has 0 spiro atoms. The van der Waals surface area contributed by atoms with Gasteiger partial charge in [-0.25, -0.2) is 9.78 Å². The summed E-state index contributed by atoms with van der Waals surface area (Å²) in [7, 11) is 0. The van der Waals surface area contributed by atoms with Crippen molar-refractivity contribution in [1.29, 1.82) is 5.26 Å². The third-order valence-electron chi connectivity index (χ3n) is 2.88. The molecule has 0 fully saturated rings. The molecule has 0 unspecified atom stereocenters. The highest BCUT2D eigenvalue weighted by atomic mass is 16.5. The van der Waals surface area contributed by atoms with Crippen LogP contribution in [0.25, 0.3) is 5.69 Å². The monoisotopic (exact) mass is 239 g/mol. The number of carbonyl (C=O) groups excluding carboxylic acids is 1. The molecule has 0 radical (unpaired) electrons. The average Bonchev–Trinajstić information content (AvgIpc) is 2.84. The van der Waals surface area contributed by atoms with E-state index in [1.165, 1.54) is 0 Å². The van der Waals surface area contributed by atoms with Crippen LogP contribution in [0.5, 0.6) is 0 Å². The van der Waals surface area contributed by atoms with Gasteiger partial charge in [-0.1, -0.05) is 0 Å². The lowest BCUT2D eigenvalue weighted by molar-refractivity contribution is 0.0468. The summed E-state index contributed by atoms with van der Waals surface area (Å²) in [6.07, 6.45) is 2.25. The summed E-state index contributed by atoms with van der Waals surface area (Å²) in [5, 5.41) is 8.75. The van der Waals surface area contributed by atoms with Gasteiger partial charge in [0.25, 0.3) is 0 Å². The Hall–Kier alpha value is -2.61. The van der Waals surface area contributed by atoms with E-state index in [-0.39, 0.29) is 5.97 Å². The van der Waals surface area contributed by atoms with E-state index in [4.69, 9.17) is 10.00 Å². The van der Waals surface area contributed by atoms with Crippen LogP contribution in [0, 0.1) is 11.3 Å². The van der Waals surface area contributed by atoms with E-state index in [1.54, 1.807) is 35.2 Å². The van der Waals surface area contributed by atoms with Gasteiger partial charge in [-0.3, -0.25) is 4.57 Å². The molecule has 0 amide bonds. The third-order valence-corrected chi connectivity index (χ3v) is 2.88. The van der Waals surface area contributed by atoms with Crippen molar-refractivity contribution in [1.82, 2.24) is 9.55 Å². The van der Waals surface area contributed by atoms with Crippen molar-refractivity contribution in [2.45, 2.75) is 6.42 Å². The molecule has 0 saturated heterocycles. The van der Waals surface area contributed by atoms with Crippen molar-refractivity contribution >= 4 is 5.97 Å². The van der Waals surface area contributed by atoms with Crippen molar-refractivity contribution < 1.29 is 9.53 Å². The van der Waals surface area contributed by atoms with Crippen LogP contribution in [0.3, 0.4) is 0 Å². The molecule has 5 heteroatoms. The number of cyclic esters (lactones) is 1. The molecule has 0 saturated carbocycles. The fourth-order valence-electron chi connectivity index (χ4n) is 1.99. The molecule has 0 atom stereocenters. The Morgan fingerprint density at radius 1 is 1.33 bits per heavy atom. The molecule has 88 valence electrons. The van der Waals surface area contributed by atoms with Gasteiger partial charge in [-0.15, -0.1) is 0 Å². The Balaban J connectivity index is 2.09. The van der Waals surface area contributed by atoms with Crippen LogP contribution in [0.15, 0.2) is 30.6 Å². The van der Waals surface area contributed by atoms with Gasteiger partial charge in [0.2, 0.25) is 0 Å². The van der Waals surface area contributed by atoms with Gasteiger partial charge in [0.1, 0.15) is 6.33 Å². The second-order valence-corrected chi connectivity index (χ2v) is 3.95. The van der Waals surface area contributed by atoms with Crippen LogP contribution in [-0.2, 0) is 11.2 Å². The predicted molar refractivity (Wildman–Crippen MR) is 62.3 cm³/mol. The molecular formula is C13H9N3O2. The number of nitriles is 1. The van der Waals surface area contributed by atoms with Gasteiger partial charge >= 0.3 is 5.97 Å². The number of nitrogens with zero attached hydrogens (tertiary/aromatic N) is 3. The van der Waals surface area contributed by atoms with Gasteiger partial charge in [0.15, 0.2) is 5.69 Å². The summed E-state index contributed by atoms with van der Waals surface area (Å²) >= 11 is 0. The van der Waals surface area contributed by atoms with Crippen LogP contribution in [0.4, 0.5) is 0 Å². The molecule has 18 heavy (non-hydrogen) atoms. The highest BCUT2D eigenvalue weighted by Gasteiger charge is 2.24. The fraction of sp³-hybridized carbons (Fsp3) is 0.154. The van der Waals surface area contributed by atoms with E-state index < -0.39 is 0 Å². The number of benzene rings is 1. The maximum absolute atomic E-state index is 11.7. The van der Waals surface area contributed by atoms with Crippen molar-refractivity contribution in [3.8, 4) is 11.8 Å². The van der Waals surface area contributed by atoms with Crippen molar-refractivity contribution in [3.05, 3.63) is 47.5 Å². The van der Waals surface area contributed by atoms with Crippen molar-refractivity contribution in [2.24, 2.45) is 0 Å². The summed E-state index contributed by atoms with van der Waals surface area (Å²) in [5.74, 6) is -0.349. The number of hydrogen-bond donors (Lipinski definition) is 0. The normalized spacial score (nSPS) is 13.6. The summed E-state index contributed by atoms with van der Waals surface area (Å²) in [4.78, 5) is 16.0. The minimum absolute atomic E-state index is 0.349. The van der Waals surface area contributed by atoms with Crippen LogP contribution in [0.1, 0.15) is 21.7 Å². The Morgan fingerprint density at radius 2 is 2.11 bits per heavy atom. The standard InChI is InChI=1S/C13H9N3O2/c14-7-9-1-3-10(4-2-9)16-8-15-11-5-6-18-13(17)12(11)16/h1-4,8H,5-6H2. The van der Waals surface area contributed by atoms with Crippen LogP contribution in [0.2, 0.25) is 0 Å². The van der Waals surface area contributed by atoms with Crippen LogP contribution >= 0.6 is 0 Å². The predicted octanol–water partition coefficient (Wildman–Crippen LogP) is 1.46. The molecule has 5 nitrogen and oxygen atoms in total. The fourth-order valence-corrected chi connectivity index (χ4v) is 1.99. The van der Waals surface area contributed by atoms with Gasteiger partial charge in [-0.2, -0.15) is 5.26 Å². The van der Waals surface area contributed by atoms with Gasteiger partial charge in [0, 0.05) is 12.1 Å². The van der Waals surface area contributed by atoms with E-state index >= 15 is 0 Å². The highest BCUT2D eigenvalue weighted by molar-refractivity contribution is 5.90. The quantitative estimate of drug-likeness (QED) is 0.706. The first-order chi connectivity index (χ1) is 8.79. The van der Waals surface area contributed by atoms with E-state index in [0.717, 1.165) is 11.4 Å². The average molecular weight is 239 g/mol. The van der Waals surface area contributed by atoms with Gasteiger partial charge < -0.3 is 4.74 Å². The number of fused-ring (bicyclic) bond motifs is 1. The SMILES string of the molecule is N#Cc1ccc(-n2cnc3c2C(=O)OCC3)cc1. The summed E-state index contributed by atoms with van der Waals surface area (Å²) in [6, 6.07) is 9.02. The molecule has 0 aliphatic carbocycles. The molecule has 2 aromatic rings.